The molecule has 0 radical (unpaired) electrons. The SMILES string of the molecule is Cc1nnc(NC(=O)c2ccc(S(=O)(=O)N3CCCCCC3)cc2)s1. The maximum absolute atomic E-state index is 12.7. The minimum absolute atomic E-state index is 0.220. The molecule has 2 aromatic rings. The molecule has 0 aliphatic carbocycles. The van der Waals surface area contributed by atoms with Crippen LogP contribution in [0.15, 0.2) is 29.2 Å². The highest BCUT2D eigenvalue weighted by Gasteiger charge is 2.25. The topological polar surface area (TPSA) is 92.3 Å². The highest BCUT2D eigenvalue weighted by atomic mass is 32.2. The van der Waals surface area contributed by atoms with E-state index < -0.39 is 10.0 Å². The fraction of sp³-hybridized carbons (Fsp3) is 0.438. The molecule has 1 saturated heterocycles. The van der Waals surface area contributed by atoms with E-state index in [1.807, 2.05) is 0 Å². The Hall–Kier alpha value is -1.84. The van der Waals surface area contributed by atoms with Crippen molar-refractivity contribution in [3.63, 3.8) is 0 Å². The third-order valence-electron chi connectivity index (χ3n) is 4.07. The third-order valence-corrected chi connectivity index (χ3v) is 6.73. The van der Waals surface area contributed by atoms with Crippen molar-refractivity contribution < 1.29 is 13.2 Å². The van der Waals surface area contributed by atoms with E-state index in [0.717, 1.165) is 30.7 Å². The summed E-state index contributed by atoms with van der Waals surface area (Å²) < 4.78 is 27.0. The Morgan fingerprint density at radius 1 is 1.08 bits per heavy atom. The number of anilines is 1. The first kappa shape index (κ1) is 18.0. The van der Waals surface area contributed by atoms with E-state index >= 15 is 0 Å². The Kier molecular flexibility index (Phi) is 5.45. The average molecular weight is 380 g/mol. The molecule has 1 aliphatic rings. The van der Waals surface area contributed by atoms with Crippen molar-refractivity contribution in [1.29, 1.82) is 0 Å². The number of aromatic nitrogens is 2. The summed E-state index contributed by atoms with van der Waals surface area (Å²) in [6.45, 7) is 2.91. The zero-order chi connectivity index (χ0) is 17.9. The van der Waals surface area contributed by atoms with E-state index in [0.29, 0.717) is 23.8 Å². The predicted octanol–water partition coefficient (Wildman–Crippen LogP) is 2.66. The summed E-state index contributed by atoms with van der Waals surface area (Å²) in [5.41, 5.74) is 0.377. The molecule has 1 aliphatic heterocycles. The van der Waals surface area contributed by atoms with Gasteiger partial charge in [-0.2, -0.15) is 4.31 Å². The number of hydrogen-bond donors (Lipinski definition) is 1. The van der Waals surface area contributed by atoms with Crippen molar-refractivity contribution in [3.05, 3.63) is 34.8 Å². The lowest BCUT2D eigenvalue weighted by Gasteiger charge is -2.20. The zero-order valence-electron chi connectivity index (χ0n) is 13.9. The van der Waals surface area contributed by atoms with Gasteiger partial charge in [0, 0.05) is 18.7 Å². The van der Waals surface area contributed by atoms with Crippen molar-refractivity contribution in [2.24, 2.45) is 0 Å². The highest BCUT2D eigenvalue weighted by Crippen LogP contribution is 2.21. The zero-order valence-corrected chi connectivity index (χ0v) is 15.6. The van der Waals surface area contributed by atoms with Crippen LogP contribution in [-0.2, 0) is 10.0 Å². The van der Waals surface area contributed by atoms with Gasteiger partial charge in [-0.1, -0.05) is 24.2 Å². The quantitative estimate of drug-likeness (QED) is 0.880. The van der Waals surface area contributed by atoms with Gasteiger partial charge in [-0.05, 0) is 44.0 Å². The second-order valence-corrected chi connectivity index (χ2v) is 9.04. The van der Waals surface area contributed by atoms with Crippen LogP contribution in [0.5, 0.6) is 0 Å². The van der Waals surface area contributed by atoms with Gasteiger partial charge in [0.05, 0.1) is 4.90 Å². The van der Waals surface area contributed by atoms with E-state index in [1.165, 1.54) is 35.6 Å². The normalized spacial score (nSPS) is 16.4. The molecule has 7 nitrogen and oxygen atoms in total. The first-order valence-corrected chi connectivity index (χ1v) is 10.4. The monoisotopic (exact) mass is 380 g/mol. The van der Waals surface area contributed by atoms with Gasteiger partial charge >= 0.3 is 0 Å². The maximum Gasteiger partial charge on any atom is 0.257 e. The Morgan fingerprint density at radius 3 is 2.28 bits per heavy atom. The molecule has 1 fully saturated rings. The molecule has 1 amide bonds. The van der Waals surface area contributed by atoms with Gasteiger partial charge in [0.2, 0.25) is 15.2 Å². The van der Waals surface area contributed by atoms with Crippen LogP contribution in [-0.4, -0.2) is 41.9 Å². The van der Waals surface area contributed by atoms with Crippen molar-refractivity contribution in [1.82, 2.24) is 14.5 Å². The molecule has 0 atom stereocenters. The summed E-state index contributed by atoms with van der Waals surface area (Å²) in [5.74, 6) is -0.338. The molecule has 0 bridgehead atoms. The van der Waals surface area contributed by atoms with Gasteiger partial charge in [-0.25, -0.2) is 8.42 Å². The standard InChI is InChI=1S/C16H20N4O3S2/c1-12-18-19-16(24-12)17-15(21)13-6-8-14(9-7-13)25(22,23)20-10-4-2-3-5-11-20/h6-9H,2-5,10-11H2,1H3,(H,17,19,21). The molecule has 0 saturated carbocycles. The van der Waals surface area contributed by atoms with Gasteiger partial charge in [-0.15, -0.1) is 10.2 Å². The van der Waals surface area contributed by atoms with E-state index in [2.05, 4.69) is 15.5 Å². The molecule has 9 heteroatoms. The Labute approximate surface area is 151 Å². The number of amides is 1. The van der Waals surface area contributed by atoms with Crippen molar-refractivity contribution in [3.8, 4) is 0 Å². The lowest BCUT2D eigenvalue weighted by Crippen LogP contribution is -2.31. The smallest absolute Gasteiger partial charge is 0.257 e. The first-order valence-electron chi connectivity index (χ1n) is 8.18. The van der Waals surface area contributed by atoms with E-state index in [9.17, 15) is 13.2 Å². The molecule has 134 valence electrons. The van der Waals surface area contributed by atoms with Gasteiger partial charge in [0.1, 0.15) is 5.01 Å². The number of rotatable bonds is 4. The third kappa shape index (κ3) is 4.23. The number of carbonyl (C=O) groups excluding carboxylic acids is 1. The van der Waals surface area contributed by atoms with Crippen molar-refractivity contribution in [2.45, 2.75) is 37.5 Å². The Balaban J connectivity index is 1.73. The number of nitrogens with one attached hydrogen (secondary N) is 1. The lowest BCUT2D eigenvalue weighted by molar-refractivity contribution is 0.102. The number of nitrogens with zero attached hydrogens (tertiary/aromatic N) is 3. The number of carbonyl (C=O) groups is 1. The minimum Gasteiger partial charge on any atom is -0.296 e. The van der Waals surface area contributed by atoms with Gasteiger partial charge in [0.15, 0.2) is 0 Å². The molecule has 2 heterocycles. The second-order valence-electron chi connectivity index (χ2n) is 5.92. The summed E-state index contributed by atoms with van der Waals surface area (Å²) in [6.07, 6.45) is 3.91. The number of sulfonamides is 1. The summed E-state index contributed by atoms with van der Waals surface area (Å²) in [4.78, 5) is 12.4. The van der Waals surface area contributed by atoms with Crippen molar-refractivity contribution >= 4 is 32.4 Å². The van der Waals surface area contributed by atoms with Gasteiger partial charge in [0.25, 0.3) is 5.91 Å². The number of benzene rings is 1. The minimum atomic E-state index is -3.50. The molecule has 3 rings (SSSR count). The fourth-order valence-electron chi connectivity index (χ4n) is 2.73. The summed E-state index contributed by atoms with van der Waals surface area (Å²) in [5, 5.41) is 11.5. The highest BCUT2D eigenvalue weighted by molar-refractivity contribution is 7.89. The molecule has 0 unspecified atom stereocenters. The molecule has 25 heavy (non-hydrogen) atoms. The summed E-state index contributed by atoms with van der Waals surface area (Å²) >= 11 is 1.28. The van der Waals surface area contributed by atoms with Crippen LogP contribution in [0.2, 0.25) is 0 Å². The molecular weight excluding hydrogens is 360 g/mol. The van der Waals surface area contributed by atoms with E-state index in [4.69, 9.17) is 0 Å². The molecule has 1 N–H and O–H groups in total. The lowest BCUT2D eigenvalue weighted by atomic mass is 10.2. The second kappa shape index (κ2) is 7.59. The van der Waals surface area contributed by atoms with Crippen LogP contribution >= 0.6 is 11.3 Å². The van der Waals surface area contributed by atoms with Crippen LogP contribution < -0.4 is 5.32 Å². The molecule has 0 spiro atoms. The summed E-state index contributed by atoms with van der Waals surface area (Å²) in [7, 11) is -3.50. The van der Waals surface area contributed by atoms with Crippen LogP contribution in [0, 0.1) is 6.92 Å². The molecular formula is C16H20N4O3S2. The van der Waals surface area contributed by atoms with Crippen LogP contribution in [0.3, 0.4) is 0 Å². The maximum atomic E-state index is 12.7. The molecule has 1 aromatic heterocycles. The van der Waals surface area contributed by atoms with Crippen molar-refractivity contribution in [2.75, 3.05) is 18.4 Å². The van der Waals surface area contributed by atoms with Gasteiger partial charge < -0.3 is 0 Å². The Morgan fingerprint density at radius 2 is 1.72 bits per heavy atom. The van der Waals surface area contributed by atoms with Crippen LogP contribution in [0.4, 0.5) is 5.13 Å². The first-order chi connectivity index (χ1) is 12.0. The molecule has 1 aromatic carbocycles. The predicted molar refractivity (Wildman–Crippen MR) is 96.3 cm³/mol. The van der Waals surface area contributed by atoms with Crippen LogP contribution in [0.25, 0.3) is 0 Å². The number of aryl methyl sites for hydroxylation is 1. The van der Waals surface area contributed by atoms with E-state index in [-0.39, 0.29) is 10.8 Å². The largest absolute Gasteiger partial charge is 0.296 e. The Bertz CT molecular complexity index is 839. The van der Waals surface area contributed by atoms with E-state index in [1.54, 1.807) is 11.2 Å². The fourth-order valence-corrected chi connectivity index (χ4v) is 4.83. The van der Waals surface area contributed by atoms with Gasteiger partial charge in [-0.3, -0.25) is 10.1 Å². The average Bonchev–Trinajstić information content (AvgIpc) is 2.85. The summed E-state index contributed by atoms with van der Waals surface area (Å²) in [6, 6.07) is 6.02. The van der Waals surface area contributed by atoms with Crippen LogP contribution in [0.1, 0.15) is 41.0 Å². The number of hydrogen-bond acceptors (Lipinski definition) is 6.